The van der Waals surface area contributed by atoms with Crippen LogP contribution in [0.2, 0.25) is 0 Å². The number of carbonyl (C=O) groups is 1. The van der Waals surface area contributed by atoms with Gasteiger partial charge in [0, 0.05) is 16.7 Å². The summed E-state index contributed by atoms with van der Waals surface area (Å²) in [5.41, 5.74) is -3.22. The van der Waals surface area contributed by atoms with Crippen LogP contribution >= 0.6 is 0 Å². The summed E-state index contributed by atoms with van der Waals surface area (Å²) in [6, 6.07) is 10.9. The Bertz CT molecular complexity index is 732. The molecule has 3 nitrogen and oxygen atoms in total. The largest absolute Gasteiger partial charge is 0.479 e. The summed E-state index contributed by atoms with van der Waals surface area (Å²) < 4.78 is 49.2. The van der Waals surface area contributed by atoms with Crippen molar-refractivity contribution in [3.63, 3.8) is 0 Å². The first-order valence-electron chi connectivity index (χ1n) is 7.91. The molecule has 2 rings (SSSR count). The second kappa shape index (κ2) is 4.18. The summed E-state index contributed by atoms with van der Waals surface area (Å²) in [5, 5.41) is 10.5. The molecule has 88 valence electrons. The van der Waals surface area contributed by atoms with E-state index in [1.165, 1.54) is 18.2 Å². The molecule has 0 aliphatic rings. The fourth-order valence-electron chi connectivity index (χ4n) is 1.75. The Morgan fingerprint density at radius 1 is 1.29 bits per heavy atom. The summed E-state index contributed by atoms with van der Waals surface area (Å²) in [7, 11) is -3.20. The Kier molecular flexibility index (Phi) is 1.52. The average Bonchev–Trinajstić information content (AvgIpc) is 2.41. The summed E-state index contributed by atoms with van der Waals surface area (Å²) in [5.74, 6) is -1.88. The van der Waals surface area contributed by atoms with Gasteiger partial charge in [0.1, 0.15) is 0 Å². The van der Waals surface area contributed by atoms with E-state index >= 15 is 0 Å². The van der Waals surface area contributed by atoms with Gasteiger partial charge in [0.2, 0.25) is 0 Å². The standard InChI is InChI=1S/C14H14O3/c1-14(17-2,13(15)16)12-9-5-7-10-6-3-4-8-11(10)12/h3-9H,1-2H3,(H,15,16)/t14-/m1/s1/i1D3,2D3. The van der Waals surface area contributed by atoms with Crippen molar-refractivity contribution in [1.29, 1.82) is 0 Å². The number of ether oxygens (including phenoxy) is 1. The van der Waals surface area contributed by atoms with E-state index < -0.39 is 25.5 Å². The molecular formula is C14H14O3. The number of hydrogen-bond donors (Lipinski definition) is 1. The maximum absolute atomic E-state index is 11.9. The van der Waals surface area contributed by atoms with Gasteiger partial charge in [0.25, 0.3) is 0 Å². The quantitative estimate of drug-likeness (QED) is 0.891. The first-order valence-corrected chi connectivity index (χ1v) is 4.91. The Labute approximate surface area is 108 Å². The van der Waals surface area contributed by atoms with E-state index in [2.05, 4.69) is 4.74 Å². The van der Waals surface area contributed by atoms with E-state index in [1.807, 2.05) is 0 Å². The van der Waals surface area contributed by atoms with Crippen LogP contribution in [0.4, 0.5) is 0 Å². The molecule has 1 atom stereocenters. The summed E-state index contributed by atoms with van der Waals surface area (Å²) in [6.45, 7) is -3.24. The normalized spacial score (nSPS) is 21.2. The molecule has 2 aromatic rings. The van der Waals surface area contributed by atoms with Crippen molar-refractivity contribution in [2.45, 2.75) is 12.5 Å². The Balaban J connectivity index is 2.87. The van der Waals surface area contributed by atoms with Crippen molar-refractivity contribution >= 4 is 16.7 Å². The van der Waals surface area contributed by atoms with E-state index in [9.17, 15) is 9.90 Å². The van der Waals surface area contributed by atoms with Crippen LogP contribution in [0, 0.1) is 0 Å². The first kappa shape index (κ1) is 6.17. The van der Waals surface area contributed by atoms with Gasteiger partial charge in [-0.3, -0.25) is 0 Å². The highest BCUT2D eigenvalue weighted by molar-refractivity contribution is 5.92. The minimum atomic E-state index is -3.24. The van der Waals surface area contributed by atoms with Crippen molar-refractivity contribution in [2.24, 2.45) is 0 Å². The number of benzene rings is 2. The number of carboxylic acid groups (broad SMARTS) is 1. The van der Waals surface area contributed by atoms with Crippen LogP contribution in [0.25, 0.3) is 10.8 Å². The fourth-order valence-corrected chi connectivity index (χ4v) is 1.75. The Hall–Kier alpha value is -1.87. The van der Waals surface area contributed by atoms with Gasteiger partial charge in [-0.15, -0.1) is 0 Å². The predicted molar refractivity (Wildman–Crippen MR) is 65.9 cm³/mol. The van der Waals surface area contributed by atoms with Gasteiger partial charge < -0.3 is 9.84 Å². The molecule has 0 saturated heterocycles. The molecule has 0 bridgehead atoms. The zero-order valence-electron chi connectivity index (χ0n) is 14.8. The van der Waals surface area contributed by atoms with Crippen LogP contribution in [0.5, 0.6) is 0 Å². The lowest BCUT2D eigenvalue weighted by Gasteiger charge is -2.25. The van der Waals surface area contributed by atoms with Gasteiger partial charge in [-0.2, -0.15) is 0 Å². The summed E-state index contributed by atoms with van der Waals surface area (Å²) in [6.07, 6.45) is 0. The topological polar surface area (TPSA) is 46.5 Å². The molecule has 0 spiro atoms. The molecule has 0 unspecified atom stereocenters. The summed E-state index contributed by atoms with van der Waals surface area (Å²) >= 11 is 0. The molecule has 2 aromatic carbocycles. The minimum Gasteiger partial charge on any atom is -0.479 e. The third-order valence-electron chi connectivity index (χ3n) is 2.62. The number of hydrogen-bond acceptors (Lipinski definition) is 2. The van der Waals surface area contributed by atoms with Crippen molar-refractivity contribution in [1.82, 2.24) is 0 Å². The highest BCUT2D eigenvalue weighted by atomic mass is 16.5. The molecule has 0 heterocycles. The van der Waals surface area contributed by atoms with Crippen LogP contribution in [-0.4, -0.2) is 18.1 Å². The molecule has 0 aliphatic heterocycles. The lowest BCUT2D eigenvalue weighted by molar-refractivity contribution is -0.161. The van der Waals surface area contributed by atoms with Crippen LogP contribution < -0.4 is 0 Å². The maximum Gasteiger partial charge on any atom is 0.340 e. The van der Waals surface area contributed by atoms with Gasteiger partial charge in [-0.25, -0.2) is 4.79 Å². The number of fused-ring (bicyclic) bond motifs is 1. The Morgan fingerprint density at radius 2 is 2.06 bits per heavy atom. The predicted octanol–water partition coefficient (Wildman–Crippen LogP) is 2.79. The molecule has 3 heteroatoms. The summed E-state index contributed by atoms with van der Waals surface area (Å²) in [4.78, 5) is 11.9. The van der Waals surface area contributed by atoms with Crippen LogP contribution in [0.1, 0.15) is 20.6 Å². The number of methoxy groups -OCH3 is 1. The second-order valence-corrected chi connectivity index (χ2v) is 3.62. The van der Waals surface area contributed by atoms with Gasteiger partial charge >= 0.3 is 5.97 Å². The van der Waals surface area contributed by atoms with Gasteiger partial charge in [-0.1, -0.05) is 42.5 Å². The zero-order chi connectivity index (χ0) is 17.5. The molecule has 0 aliphatic carbocycles. The lowest BCUT2D eigenvalue weighted by Crippen LogP contribution is -2.34. The van der Waals surface area contributed by atoms with Crippen LogP contribution in [0.15, 0.2) is 42.5 Å². The molecule has 1 N–H and O–H groups in total. The van der Waals surface area contributed by atoms with Crippen LogP contribution in [-0.2, 0) is 15.1 Å². The molecule has 0 saturated carbocycles. The highest BCUT2D eigenvalue weighted by Crippen LogP contribution is 2.31. The number of carboxylic acids is 1. The van der Waals surface area contributed by atoms with E-state index in [-0.39, 0.29) is 5.56 Å². The van der Waals surface area contributed by atoms with Crippen LogP contribution in [0.3, 0.4) is 0 Å². The number of rotatable bonds is 3. The fraction of sp³-hybridized carbons (Fsp3) is 0.214. The molecule has 0 amide bonds. The third kappa shape index (κ3) is 1.78. The van der Waals surface area contributed by atoms with Crippen molar-refractivity contribution in [3.05, 3.63) is 48.0 Å². The Morgan fingerprint density at radius 3 is 2.76 bits per heavy atom. The molecule has 17 heavy (non-hydrogen) atoms. The van der Waals surface area contributed by atoms with E-state index in [4.69, 9.17) is 8.22 Å². The third-order valence-corrected chi connectivity index (χ3v) is 2.62. The van der Waals surface area contributed by atoms with Crippen molar-refractivity contribution in [3.8, 4) is 0 Å². The lowest BCUT2D eigenvalue weighted by atomic mass is 9.91. The molecule has 0 fully saturated rings. The van der Waals surface area contributed by atoms with Gasteiger partial charge in [0.05, 0.1) is 4.11 Å². The highest BCUT2D eigenvalue weighted by Gasteiger charge is 2.36. The SMILES string of the molecule is [2H]C([2H])([2H])O[C@@](C(=O)O)(c1cccc2ccccc12)C([2H])([2H])[2H]. The maximum atomic E-state index is 11.9. The smallest absolute Gasteiger partial charge is 0.340 e. The van der Waals surface area contributed by atoms with Gasteiger partial charge in [0.15, 0.2) is 5.60 Å². The van der Waals surface area contributed by atoms with E-state index in [0.29, 0.717) is 10.8 Å². The van der Waals surface area contributed by atoms with Gasteiger partial charge in [-0.05, 0) is 17.6 Å². The first-order chi connectivity index (χ1) is 10.5. The van der Waals surface area contributed by atoms with Crippen molar-refractivity contribution in [2.75, 3.05) is 7.04 Å². The van der Waals surface area contributed by atoms with E-state index in [0.717, 1.165) is 0 Å². The average molecular weight is 236 g/mol. The van der Waals surface area contributed by atoms with Crippen molar-refractivity contribution < 1.29 is 22.9 Å². The monoisotopic (exact) mass is 236 g/mol. The minimum absolute atomic E-state index is 0.223. The van der Waals surface area contributed by atoms with E-state index in [1.54, 1.807) is 24.3 Å². The molecular weight excluding hydrogens is 216 g/mol. The second-order valence-electron chi connectivity index (χ2n) is 3.62. The molecule has 0 radical (unpaired) electrons. The number of aliphatic carboxylic acids is 1. The molecule has 0 aromatic heterocycles. The zero-order valence-corrected chi connectivity index (χ0v) is 8.81.